The van der Waals surface area contributed by atoms with Gasteiger partial charge in [-0.2, -0.15) is 11.8 Å². The van der Waals surface area contributed by atoms with Gasteiger partial charge in [-0.05, 0) is 31.6 Å². The molecule has 0 fully saturated rings. The SMILES string of the molecule is CCNc1cc(NCCCSC)nc(SC)n1. The quantitative estimate of drug-likeness (QED) is 0.431. The summed E-state index contributed by atoms with van der Waals surface area (Å²) in [5.41, 5.74) is 0. The van der Waals surface area contributed by atoms with E-state index in [9.17, 15) is 0 Å². The second-order valence-corrected chi connectivity index (χ2v) is 5.19. The summed E-state index contributed by atoms with van der Waals surface area (Å²) in [6.45, 7) is 3.89. The molecule has 0 aliphatic carbocycles. The van der Waals surface area contributed by atoms with Crippen LogP contribution in [0, 0.1) is 0 Å². The molecule has 0 radical (unpaired) electrons. The lowest BCUT2D eigenvalue weighted by Gasteiger charge is -2.09. The molecule has 0 atom stereocenters. The zero-order valence-corrected chi connectivity index (χ0v) is 12.2. The standard InChI is InChI=1S/C11H20N4S2/c1-4-12-9-8-10(13-6-5-7-16-2)15-11(14-9)17-3/h8H,4-7H2,1-3H3,(H2,12,13,14,15). The molecule has 0 aliphatic rings. The third kappa shape index (κ3) is 5.50. The summed E-state index contributed by atoms with van der Waals surface area (Å²) in [6.07, 6.45) is 5.26. The third-order valence-corrected chi connectivity index (χ3v) is 3.32. The van der Waals surface area contributed by atoms with E-state index >= 15 is 0 Å². The fourth-order valence-electron chi connectivity index (χ4n) is 1.31. The lowest BCUT2D eigenvalue weighted by Crippen LogP contribution is -2.07. The first kappa shape index (κ1) is 14.4. The zero-order valence-electron chi connectivity index (χ0n) is 10.6. The molecule has 0 aliphatic heterocycles. The maximum atomic E-state index is 4.43. The van der Waals surface area contributed by atoms with Crippen LogP contribution >= 0.6 is 23.5 Å². The van der Waals surface area contributed by atoms with E-state index in [2.05, 4.69) is 33.8 Å². The zero-order chi connectivity index (χ0) is 12.5. The van der Waals surface area contributed by atoms with E-state index in [1.165, 1.54) is 5.75 Å². The second-order valence-electron chi connectivity index (χ2n) is 3.43. The van der Waals surface area contributed by atoms with Crippen LogP contribution in [0.1, 0.15) is 13.3 Å². The van der Waals surface area contributed by atoms with Crippen LogP contribution in [-0.2, 0) is 0 Å². The van der Waals surface area contributed by atoms with Crippen molar-refractivity contribution in [1.82, 2.24) is 9.97 Å². The molecule has 1 rings (SSSR count). The second kappa shape index (κ2) is 8.47. The highest BCUT2D eigenvalue weighted by Crippen LogP contribution is 2.17. The Kier molecular flexibility index (Phi) is 7.19. The topological polar surface area (TPSA) is 49.8 Å². The molecule has 96 valence electrons. The van der Waals surface area contributed by atoms with E-state index in [-0.39, 0.29) is 0 Å². The molecule has 0 saturated carbocycles. The van der Waals surface area contributed by atoms with Crippen molar-refractivity contribution in [3.63, 3.8) is 0 Å². The highest BCUT2D eigenvalue weighted by atomic mass is 32.2. The number of aromatic nitrogens is 2. The van der Waals surface area contributed by atoms with Crippen LogP contribution in [0.3, 0.4) is 0 Å². The van der Waals surface area contributed by atoms with Crippen molar-refractivity contribution in [3.8, 4) is 0 Å². The van der Waals surface area contributed by atoms with Gasteiger partial charge in [-0.3, -0.25) is 0 Å². The van der Waals surface area contributed by atoms with Crippen molar-refractivity contribution in [1.29, 1.82) is 0 Å². The van der Waals surface area contributed by atoms with Gasteiger partial charge in [0.25, 0.3) is 0 Å². The Bertz CT molecular complexity index is 333. The van der Waals surface area contributed by atoms with Gasteiger partial charge in [0.05, 0.1) is 0 Å². The molecule has 0 amide bonds. The Morgan fingerprint density at radius 2 is 1.88 bits per heavy atom. The van der Waals surface area contributed by atoms with Gasteiger partial charge in [-0.25, -0.2) is 9.97 Å². The lowest BCUT2D eigenvalue weighted by atomic mass is 10.4. The molecule has 6 heteroatoms. The van der Waals surface area contributed by atoms with Crippen molar-refractivity contribution in [2.24, 2.45) is 0 Å². The van der Waals surface area contributed by atoms with E-state index in [0.717, 1.165) is 36.3 Å². The van der Waals surface area contributed by atoms with Crippen LogP contribution in [0.5, 0.6) is 0 Å². The Hall–Kier alpha value is -0.620. The van der Waals surface area contributed by atoms with E-state index in [4.69, 9.17) is 0 Å². The number of hydrogen-bond acceptors (Lipinski definition) is 6. The molecule has 1 aromatic heterocycles. The van der Waals surface area contributed by atoms with Gasteiger partial charge in [0.15, 0.2) is 5.16 Å². The lowest BCUT2D eigenvalue weighted by molar-refractivity contribution is 0.929. The van der Waals surface area contributed by atoms with E-state index in [1.54, 1.807) is 11.8 Å². The fourth-order valence-corrected chi connectivity index (χ4v) is 2.12. The molecule has 0 bridgehead atoms. The number of nitrogens with one attached hydrogen (secondary N) is 2. The number of anilines is 2. The minimum atomic E-state index is 0.802. The average Bonchev–Trinajstić information content (AvgIpc) is 2.35. The first-order valence-electron chi connectivity index (χ1n) is 5.70. The molecule has 0 aromatic carbocycles. The van der Waals surface area contributed by atoms with Crippen LogP contribution < -0.4 is 10.6 Å². The Labute approximate surface area is 112 Å². The van der Waals surface area contributed by atoms with E-state index < -0.39 is 0 Å². The number of rotatable bonds is 8. The van der Waals surface area contributed by atoms with Crippen LogP contribution in [0.2, 0.25) is 0 Å². The average molecular weight is 272 g/mol. The van der Waals surface area contributed by atoms with Crippen LogP contribution in [0.25, 0.3) is 0 Å². The van der Waals surface area contributed by atoms with E-state index in [0.29, 0.717) is 0 Å². The van der Waals surface area contributed by atoms with Gasteiger partial charge in [0.1, 0.15) is 11.6 Å². The largest absolute Gasteiger partial charge is 0.370 e. The number of nitrogens with zero attached hydrogens (tertiary/aromatic N) is 2. The number of thioether (sulfide) groups is 2. The van der Waals surface area contributed by atoms with Gasteiger partial charge in [-0.1, -0.05) is 11.8 Å². The summed E-state index contributed by atoms with van der Waals surface area (Å²) in [4.78, 5) is 8.81. The summed E-state index contributed by atoms with van der Waals surface area (Å²) in [5, 5.41) is 7.35. The Morgan fingerprint density at radius 1 is 1.18 bits per heavy atom. The summed E-state index contributed by atoms with van der Waals surface area (Å²) >= 11 is 3.43. The third-order valence-electron chi connectivity index (χ3n) is 2.08. The molecule has 0 saturated heterocycles. The van der Waals surface area contributed by atoms with Crippen LogP contribution in [-0.4, -0.2) is 41.3 Å². The molecule has 0 spiro atoms. The van der Waals surface area contributed by atoms with Crippen molar-refractivity contribution in [2.75, 3.05) is 42.0 Å². The summed E-state index contributed by atoms with van der Waals surface area (Å²) in [7, 11) is 0. The highest BCUT2D eigenvalue weighted by Gasteiger charge is 2.02. The maximum absolute atomic E-state index is 4.43. The van der Waals surface area contributed by atoms with Gasteiger partial charge < -0.3 is 10.6 Å². The highest BCUT2D eigenvalue weighted by molar-refractivity contribution is 7.98. The van der Waals surface area contributed by atoms with Crippen LogP contribution in [0.4, 0.5) is 11.6 Å². The van der Waals surface area contributed by atoms with Crippen molar-refractivity contribution >= 4 is 35.2 Å². The van der Waals surface area contributed by atoms with Crippen molar-refractivity contribution in [3.05, 3.63) is 6.07 Å². The molecule has 17 heavy (non-hydrogen) atoms. The molecule has 1 aromatic rings. The normalized spacial score (nSPS) is 10.3. The monoisotopic (exact) mass is 272 g/mol. The molecule has 2 N–H and O–H groups in total. The van der Waals surface area contributed by atoms with Crippen molar-refractivity contribution in [2.45, 2.75) is 18.5 Å². The number of hydrogen-bond donors (Lipinski definition) is 2. The van der Waals surface area contributed by atoms with Gasteiger partial charge in [0.2, 0.25) is 0 Å². The van der Waals surface area contributed by atoms with Crippen molar-refractivity contribution < 1.29 is 0 Å². The first-order valence-corrected chi connectivity index (χ1v) is 8.31. The minimum Gasteiger partial charge on any atom is -0.370 e. The van der Waals surface area contributed by atoms with Gasteiger partial charge >= 0.3 is 0 Å². The van der Waals surface area contributed by atoms with Crippen LogP contribution in [0.15, 0.2) is 11.2 Å². The molecule has 1 heterocycles. The smallest absolute Gasteiger partial charge is 0.191 e. The summed E-state index contributed by atoms with van der Waals surface area (Å²) in [5.74, 6) is 2.97. The first-order chi connectivity index (χ1) is 8.30. The Balaban J connectivity index is 2.59. The fraction of sp³-hybridized carbons (Fsp3) is 0.636. The predicted octanol–water partition coefficient (Wildman–Crippen LogP) is 2.80. The summed E-state index contributed by atoms with van der Waals surface area (Å²) in [6, 6.07) is 1.96. The molecular weight excluding hydrogens is 252 g/mol. The maximum Gasteiger partial charge on any atom is 0.191 e. The molecule has 4 nitrogen and oxygen atoms in total. The summed E-state index contributed by atoms with van der Waals surface area (Å²) < 4.78 is 0. The minimum absolute atomic E-state index is 0.802. The molecule has 0 unspecified atom stereocenters. The van der Waals surface area contributed by atoms with Gasteiger partial charge in [-0.15, -0.1) is 0 Å². The van der Waals surface area contributed by atoms with E-state index in [1.807, 2.05) is 24.1 Å². The Morgan fingerprint density at radius 3 is 2.47 bits per heavy atom. The predicted molar refractivity (Wildman–Crippen MR) is 79.5 cm³/mol. The molecular formula is C11H20N4S2. The van der Waals surface area contributed by atoms with Gasteiger partial charge in [0, 0.05) is 19.2 Å².